The molecule has 0 saturated heterocycles. The average molecular weight is 472 g/mol. The molecule has 152 valence electrons. The lowest BCUT2D eigenvalue weighted by atomic mass is 10.2. The molecule has 0 saturated carbocycles. The van der Waals surface area contributed by atoms with Crippen LogP contribution >= 0.6 is 46.6 Å². The number of halogens is 3. The number of rotatable bonds is 7. The van der Waals surface area contributed by atoms with E-state index in [2.05, 4.69) is 15.5 Å². The van der Waals surface area contributed by atoms with Gasteiger partial charge in [-0.15, -0.1) is 10.2 Å². The van der Waals surface area contributed by atoms with Gasteiger partial charge in [-0.05, 0) is 43.3 Å². The molecule has 0 aliphatic carbocycles. The van der Waals surface area contributed by atoms with E-state index in [1.165, 1.54) is 11.8 Å². The fourth-order valence-electron chi connectivity index (χ4n) is 2.69. The van der Waals surface area contributed by atoms with Gasteiger partial charge >= 0.3 is 0 Å². The van der Waals surface area contributed by atoms with Crippen LogP contribution in [-0.4, -0.2) is 33.5 Å². The third-order valence-electron chi connectivity index (χ3n) is 3.91. The Morgan fingerprint density at radius 3 is 2.48 bits per heavy atom. The van der Waals surface area contributed by atoms with E-state index in [0.29, 0.717) is 44.0 Å². The summed E-state index contributed by atoms with van der Waals surface area (Å²) in [5.74, 6) is 1.20. The van der Waals surface area contributed by atoms with Crippen LogP contribution in [0.25, 0.3) is 11.4 Å². The van der Waals surface area contributed by atoms with Crippen LogP contribution in [0.3, 0.4) is 0 Å². The van der Waals surface area contributed by atoms with Crippen LogP contribution in [0, 0.1) is 0 Å². The summed E-state index contributed by atoms with van der Waals surface area (Å²) in [6.45, 7) is 2.59. The molecule has 1 N–H and O–H groups in total. The molecular weight excluding hydrogens is 455 g/mol. The Hall–Kier alpha value is -1.93. The monoisotopic (exact) mass is 470 g/mol. The standard InChI is InChI=1S/C19H17Cl3N4O2S/c1-3-26-18(15-9-11(20)4-5-16(15)28-2)24-25-19(26)29-10-17(27)23-14-7-12(21)6-13(22)8-14/h4-9H,3,10H2,1-2H3,(H,23,27). The van der Waals surface area contributed by atoms with E-state index < -0.39 is 0 Å². The number of amides is 1. The van der Waals surface area contributed by atoms with Crippen molar-refractivity contribution >= 4 is 58.2 Å². The molecule has 3 aromatic rings. The lowest BCUT2D eigenvalue weighted by molar-refractivity contribution is -0.113. The van der Waals surface area contributed by atoms with Crippen LogP contribution < -0.4 is 10.1 Å². The Morgan fingerprint density at radius 1 is 1.10 bits per heavy atom. The Labute approximate surface area is 187 Å². The van der Waals surface area contributed by atoms with Crippen LogP contribution in [0.4, 0.5) is 5.69 Å². The number of aromatic nitrogens is 3. The molecule has 0 bridgehead atoms. The second-order valence-electron chi connectivity index (χ2n) is 5.89. The first-order chi connectivity index (χ1) is 13.9. The molecular formula is C19H17Cl3N4O2S. The molecule has 0 spiro atoms. The minimum Gasteiger partial charge on any atom is -0.496 e. The molecule has 0 fully saturated rings. The molecule has 29 heavy (non-hydrogen) atoms. The number of benzene rings is 2. The van der Waals surface area contributed by atoms with E-state index in [1.807, 2.05) is 11.5 Å². The first-order valence-corrected chi connectivity index (χ1v) is 10.7. The van der Waals surface area contributed by atoms with Crippen molar-refractivity contribution in [2.75, 3.05) is 18.2 Å². The zero-order chi connectivity index (χ0) is 21.0. The predicted octanol–water partition coefficient (Wildman–Crippen LogP) is 5.66. The Bertz CT molecular complexity index is 1020. The molecule has 1 amide bonds. The number of methoxy groups -OCH3 is 1. The SMILES string of the molecule is CCn1c(SCC(=O)Nc2cc(Cl)cc(Cl)c2)nnc1-c1cc(Cl)ccc1OC. The maximum Gasteiger partial charge on any atom is 0.234 e. The predicted molar refractivity (Wildman–Crippen MR) is 119 cm³/mol. The zero-order valence-electron chi connectivity index (χ0n) is 15.6. The average Bonchev–Trinajstić information content (AvgIpc) is 3.08. The minimum atomic E-state index is -0.208. The molecule has 0 aliphatic heterocycles. The molecule has 2 aromatic carbocycles. The summed E-state index contributed by atoms with van der Waals surface area (Å²) in [6, 6.07) is 10.2. The number of thioether (sulfide) groups is 1. The third kappa shape index (κ3) is 5.36. The van der Waals surface area contributed by atoms with Gasteiger partial charge in [-0.1, -0.05) is 46.6 Å². The highest BCUT2D eigenvalue weighted by Crippen LogP contribution is 2.33. The molecule has 0 aliphatic rings. The second-order valence-corrected chi connectivity index (χ2v) is 8.14. The van der Waals surface area contributed by atoms with Crippen LogP contribution in [0.15, 0.2) is 41.6 Å². The number of carbonyl (C=O) groups is 1. The van der Waals surface area contributed by atoms with Gasteiger partial charge in [0.15, 0.2) is 11.0 Å². The van der Waals surface area contributed by atoms with Gasteiger partial charge in [0.1, 0.15) is 5.75 Å². The summed E-state index contributed by atoms with van der Waals surface area (Å²) in [4.78, 5) is 12.3. The normalized spacial score (nSPS) is 10.8. The number of carbonyl (C=O) groups excluding carboxylic acids is 1. The van der Waals surface area contributed by atoms with Crippen LogP contribution in [0.2, 0.25) is 15.1 Å². The van der Waals surface area contributed by atoms with Crippen LogP contribution in [-0.2, 0) is 11.3 Å². The maximum absolute atomic E-state index is 12.3. The van der Waals surface area contributed by atoms with E-state index in [0.717, 1.165) is 5.56 Å². The van der Waals surface area contributed by atoms with E-state index in [1.54, 1.807) is 43.5 Å². The van der Waals surface area contributed by atoms with Crippen molar-refractivity contribution < 1.29 is 9.53 Å². The third-order valence-corrected chi connectivity index (χ3v) is 5.55. The second kappa shape index (κ2) is 9.71. The highest BCUT2D eigenvalue weighted by molar-refractivity contribution is 7.99. The summed E-state index contributed by atoms with van der Waals surface area (Å²) in [5.41, 5.74) is 1.27. The highest BCUT2D eigenvalue weighted by Gasteiger charge is 2.18. The lowest BCUT2D eigenvalue weighted by Gasteiger charge is -2.11. The number of hydrogen-bond donors (Lipinski definition) is 1. The molecule has 3 rings (SSSR count). The van der Waals surface area contributed by atoms with Crippen molar-refractivity contribution in [1.82, 2.24) is 14.8 Å². The van der Waals surface area contributed by atoms with Gasteiger partial charge in [-0.25, -0.2) is 0 Å². The van der Waals surface area contributed by atoms with E-state index in [9.17, 15) is 4.79 Å². The summed E-state index contributed by atoms with van der Waals surface area (Å²) >= 11 is 19.3. The fraction of sp³-hybridized carbons (Fsp3) is 0.211. The van der Waals surface area contributed by atoms with Crippen LogP contribution in [0.1, 0.15) is 6.92 Å². The Morgan fingerprint density at radius 2 is 1.83 bits per heavy atom. The van der Waals surface area contributed by atoms with E-state index in [4.69, 9.17) is 39.5 Å². The number of nitrogens with zero attached hydrogens (tertiary/aromatic N) is 3. The van der Waals surface area contributed by atoms with Crippen LogP contribution in [0.5, 0.6) is 5.75 Å². The molecule has 1 heterocycles. The van der Waals surface area contributed by atoms with Crippen molar-refractivity contribution in [3.05, 3.63) is 51.5 Å². The van der Waals surface area contributed by atoms with Gasteiger partial charge in [0, 0.05) is 27.3 Å². The van der Waals surface area contributed by atoms with Crippen molar-refractivity contribution in [2.45, 2.75) is 18.6 Å². The molecule has 10 heteroatoms. The van der Waals surface area contributed by atoms with Gasteiger partial charge in [0.25, 0.3) is 0 Å². The quantitative estimate of drug-likeness (QED) is 0.450. The Kier molecular flexibility index (Phi) is 7.29. The van der Waals surface area contributed by atoms with Gasteiger partial charge in [0.05, 0.1) is 18.4 Å². The van der Waals surface area contributed by atoms with Crippen molar-refractivity contribution in [2.24, 2.45) is 0 Å². The fourth-order valence-corrected chi connectivity index (χ4v) is 4.19. The van der Waals surface area contributed by atoms with Gasteiger partial charge < -0.3 is 14.6 Å². The lowest BCUT2D eigenvalue weighted by Crippen LogP contribution is -2.14. The summed E-state index contributed by atoms with van der Waals surface area (Å²) < 4.78 is 7.32. The summed E-state index contributed by atoms with van der Waals surface area (Å²) in [5, 5.41) is 13.4. The number of anilines is 1. The summed E-state index contributed by atoms with van der Waals surface area (Å²) in [7, 11) is 1.58. The smallest absolute Gasteiger partial charge is 0.234 e. The van der Waals surface area contributed by atoms with Crippen molar-refractivity contribution in [3.63, 3.8) is 0 Å². The van der Waals surface area contributed by atoms with Crippen molar-refractivity contribution in [1.29, 1.82) is 0 Å². The molecule has 1 aromatic heterocycles. The first-order valence-electron chi connectivity index (χ1n) is 8.57. The first kappa shape index (κ1) is 21.8. The summed E-state index contributed by atoms with van der Waals surface area (Å²) in [6.07, 6.45) is 0. The zero-order valence-corrected chi connectivity index (χ0v) is 18.7. The maximum atomic E-state index is 12.3. The van der Waals surface area contributed by atoms with Crippen molar-refractivity contribution in [3.8, 4) is 17.1 Å². The minimum absolute atomic E-state index is 0.148. The molecule has 0 unspecified atom stereocenters. The molecule has 0 radical (unpaired) electrons. The highest BCUT2D eigenvalue weighted by atomic mass is 35.5. The Balaban J connectivity index is 1.76. The number of nitrogens with one attached hydrogen (secondary N) is 1. The van der Waals surface area contributed by atoms with E-state index >= 15 is 0 Å². The largest absolute Gasteiger partial charge is 0.496 e. The van der Waals surface area contributed by atoms with Gasteiger partial charge in [0.2, 0.25) is 5.91 Å². The van der Waals surface area contributed by atoms with Gasteiger partial charge in [-0.3, -0.25) is 4.79 Å². The van der Waals surface area contributed by atoms with Gasteiger partial charge in [-0.2, -0.15) is 0 Å². The number of ether oxygens (including phenoxy) is 1. The van der Waals surface area contributed by atoms with E-state index in [-0.39, 0.29) is 11.7 Å². The number of hydrogen-bond acceptors (Lipinski definition) is 5. The molecule has 0 atom stereocenters. The topological polar surface area (TPSA) is 69.0 Å². The molecule has 6 nitrogen and oxygen atoms in total.